The van der Waals surface area contributed by atoms with Crippen LogP contribution in [0.15, 0.2) is 87.3 Å². The van der Waals surface area contributed by atoms with Gasteiger partial charge in [0, 0.05) is 17.3 Å². The second-order valence-electron chi connectivity index (χ2n) is 10.9. The van der Waals surface area contributed by atoms with Crippen molar-refractivity contribution in [3.8, 4) is 0 Å². The molecule has 0 aliphatic carbocycles. The van der Waals surface area contributed by atoms with Crippen LogP contribution in [0.1, 0.15) is 94.4 Å². The van der Waals surface area contributed by atoms with Crippen LogP contribution in [-0.2, 0) is 0 Å². The van der Waals surface area contributed by atoms with Crippen LogP contribution in [0, 0.1) is 17.7 Å². The van der Waals surface area contributed by atoms with Crippen LogP contribution >= 0.6 is 23.4 Å². The van der Waals surface area contributed by atoms with Crippen molar-refractivity contribution in [2.75, 3.05) is 13.1 Å². The molecule has 1 fully saturated rings. The molecule has 2 aliphatic rings. The van der Waals surface area contributed by atoms with Crippen molar-refractivity contribution < 1.29 is 8.78 Å². The quantitative estimate of drug-likeness (QED) is 0.255. The second kappa shape index (κ2) is 23.4. The summed E-state index contributed by atoms with van der Waals surface area (Å²) >= 11 is 7.14. The van der Waals surface area contributed by atoms with E-state index in [1.54, 1.807) is 30.8 Å². The van der Waals surface area contributed by atoms with Crippen LogP contribution in [-0.4, -0.2) is 30.0 Å². The first-order valence-corrected chi connectivity index (χ1v) is 16.6. The number of halogens is 3. The average Bonchev–Trinajstić information content (AvgIpc) is 3.32. The van der Waals surface area contributed by atoms with Crippen molar-refractivity contribution in [3.63, 3.8) is 0 Å². The number of hydrogen-bond donors (Lipinski definition) is 0. The molecule has 2 aliphatic heterocycles. The van der Waals surface area contributed by atoms with Crippen LogP contribution in [0.4, 0.5) is 8.78 Å². The Labute approximate surface area is 265 Å². The first-order chi connectivity index (χ1) is 19.9. The molecule has 0 saturated carbocycles. The summed E-state index contributed by atoms with van der Waals surface area (Å²) in [6, 6.07) is 5.82. The molecule has 3 rings (SSSR count). The van der Waals surface area contributed by atoms with E-state index in [4.69, 9.17) is 16.6 Å². The zero-order valence-corrected chi connectivity index (χ0v) is 29.1. The number of aliphatic imine (C=N–C) groups is 1. The first-order valence-electron chi connectivity index (χ1n) is 15.4. The molecule has 2 nitrogen and oxygen atoms in total. The van der Waals surface area contributed by atoms with E-state index in [1.165, 1.54) is 41.1 Å². The third-order valence-electron chi connectivity index (χ3n) is 6.06. The molecule has 2 atom stereocenters. The lowest BCUT2D eigenvalue weighted by molar-refractivity contribution is 0.365. The van der Waals surface area contributed by atoms with Gasteiger partial charge >= 0.3 is 0 Å². The van der Waals surface area contributed by atoms with Crippen LogP contribution in [0.5, 0.6) is 0 Å². The van der Waals surface area contributed by atoms with Crippen LogP contribution in [0.3, 0.4) is 0 Å². The van der Waals surface area contributed by atoms with E-state index in [-0.39, 0.29) is 5.82 Å². The summed E-state index contributed by atoms with van der Waals surface area (Å²) < 4.78 is 25.1. The van der Waals surface area contributed by atoms with Gasteiger partial charge in [-0.3, -0.25) is 4.99 Å². The van der Waals surface area contributed by atoms with Crippen molar-refractivity contribution in [3.05, 3.63) is 93.1 Å². The summed E-state index contributed by atoms with van der Waals surface area (Å²) in [6.07, 6.45) is 12.4. The van der Waals surface area contributed by atoms with Gasteiger partial charge in [-0.05, 0) is 79.7 Å². The highest BCUT2D eigenvalue weighted by Crippen LogP contribution is 2.37. The Bertz CT molecular complexity index is 1050. The van der Waals surface area contributed by atoms with Crippen LogP contribution in [0.2, 0.25) is 5.02 Å². The Balaban J connectivity index is 0.000000854. The highest BCUT2D eigenvalue weighted by atomic mass is 35.5. The normalized spacial score (nSPS) is 17.2. The standard InChI is InChI=1S/C22H31FN2S.C6H4ClF.C5H12.C3H8/c1-6-9-21(26-12-7-2)22-24-14-19(17(4)10-8-11-18(5)23)20-13-16(3)15-25(20)22;7-5-2-1-3-6(8)4-5;1-4-5(2)3;1-3-2/h7-10,12,16,18H,4,6,11,13-15H2,1-3,5H3;1-4H;5H,4H2,1-3H3;3H2,1-2H3/b10-8-,12-7-,21-9+;;;. The van der Waals surface area contributed by atoms with Crippen LogP contribution in [0.25, 0.3) is 0 Å². The van der Waals surface area contributed by atoms with Gasteiger partial charge in [0.05, 0.1) is 11.4 Å². The maximum Gasteiger partial charge on any atom is 0.142 e. The van der Waals surface area contributed by atoms with Gasteiger partial charge in [0.15, 0.2) is 0 Å². The highest BCUT2D eigenvalue weighted by molar-refractivity contribution is 8.06. The number of alkyl halides is 1. The molecule has 1 aromatic carbocycles. The van der Waals surface area contributed by atoms with Gasteiger partial charge in [-0.2, -0.15) is 0 Å². The number of benzene rings is 1. The summed E-state index contributed by atoms with van der Waals surface area (Å²) in [7, 11) is 0. The third-order valence-corrected chi connectivity index (χ3v) is 7.31. The minimum absolute atomic E-state index is 0.294. The SMILES string of the molecule is C=C(/C=C\CC(C)F)C1=C2CC(C)CN2C(/C(=C\CC)S/C=C\C)=NC1.CCC.CCC(C)C.Fc1cccc(Cl)c1. The van der Waals surface area contributed by atoms with Crippen molar-refractivity contribution in [2.45, 2.75) is 101 Å². The molecule has 0 N–H and O–H groups in total. The van der Waals surface area contributed by atoms with Gasteiger partial charge in [0.25, 0.3) is 0 Å². The largest absolute Gasteiger partial charge is 0.329 e. The van der Waals surface area contributed by atoms with E-state index in [0.29, 0.717) is 23.9 Å². The molecular formula is C36H55ClF2N2S. The van der Waals surface area contributed by atoms with E-state index in [1.807, 2.05) is 19.1 Å². The summed E-state index contributed by atoms with van der Waals surface area (Å²) in [5, 5.41) is 2.55. The molecule has 2 unspecified atom stereocenters. The third kappa shape index (κ3) is 16.5. The lowest BCUT2D eigenvalue weighted by atomic mass is 10.00. The summed E-state index contributed by atoms with van der Waals surface area (Å²) in [4.78, 5) is 8.52. The number of amidine groups is 1. The van der Waals surface area contributed by atoms with E-state index < -0.39 is 6.17 Å². The van der Waals surface area contributed by atoms with Gasteiger partial charge in [0.1, 0.15) is 17.8 Å². The molecule has 1 saturated heterocycles. The highest BCUT2D eigenvalue weighted by Gasteiger charge is 2.33. The lowest BCUT2D eigenvalue weighted by Crippen LogP contribution is -2.32. The van der Waals surface area contributed by atoms with E-state index in [9.17, 15) is 8.78 Å². The van der Waals surface area contributed by atoms with Crippen molar-refractivity contribution in [1.82, 2.24) is 4.90 Å². The van der Waals surface area contributed by atoms with Crippen molar-refractivity contribution >= 4 is 29.2 Å². The molecule has 0 spiro atoms. The second-order valence-corrected chi connectivity index (χ2v) is 12.3. The predicted octanol–water partition coefficient (Wildman–Crippen LogP) is 12.4. The number of allylic oxidation sites excluding steroid dienone is 5. The summed E-state index contributed by atoms with van der Waals surface area (Å²) in [6.45, 7) is 24.8. The van der Waals surface area contributed by atoms with Crippen molar-refractivity contribution in [1.29, 1.82) is 0 Å². The zero-order valence-electron chi connectivity index (χ0n) is 27.5. The fraction of sp³-hybridized carbons (Fsp3) is 0.528. The predicted molar refractivity (Wildman–Crippen MR) is 187 cm³/mol. The fourth-order valence-electron chi connectivity index (χ4n) is 3.73. The number of fused-ring (bicyclic) bond motifs is 1. The topological polar surface area (TPSA) is 15.6 Å². The fourth-order valence-corrected chi connectivity index (χ4v) is 4.74. The molecule has 236 valence electrons. The number of rotatable bonds is 9. The molecule has 0 radical (unpaired) electrons. The van der Waals surface area contributed by atoms with Gasteiger partial charge in [0.2, 0.25) is 0 Å². The molecule has 0 amide bonds. The first kappa shape index (κ1) is 39.9. The van der Waals surface area contributed by atoms with Gasteiger partial charge < -0.3 is 4.90 Å². The maximum atomic E-state index is 13.0. The number of thioether (sulfide) groups is 1. The molecule has 1 aromatic rings. The minimum Gasteiger partial charge on any atom is -0.329 e. The maximum absolute atomic E-state index is 13.0. The Morgan fingerprint density at radius 3 is 2.33 bits per heavy atom. The lowest BCUT2D eigenvalue weighted by Gasteiger charge is -2.30. The summed E-state index contributed by atoms with van der Waals surface area (Å²) in [5.41, 5.74) is 3.51. The van der Waals surface area contributed by atoms with E-state index in [0.717, 1.165) is 36.7 Å². The smallest absolute Gasteiger partial charge is 0.142 e. The minimum atomic E-state index is -0.818. The Hall–Kier alpha value is -2.11. The molecule has 42 heavy (non-hydrogen) atoms. The molecule has 2 heterocycles. The van der Waals surface area contributed by atoms with Crippen LogP contribution < -0.4 is 0 Å². The van der Waals surface area contributed by atoms with Gasteiger partial charge in [-0.25, -0.2) is 8.78 Å². The number of nitrogens with zero attached hydrogens (tertiary/aromatic N) is 2. The Kier molecular flexibility index (Phi) is 22.2. The Morgan fingerprint density at radius 1 is 1.21 bits per heavy atom. The van der Waals surface area contributed by atoms with Gasteiger partial charge in [-0.1, -0.05) is 122 Å². The average molecular weight is 621 g/mol. The molecule has 0 aromatic heterocycles. The Morgan fingerprint density at radius 2 is 1.86 bits per heavy atom. The van der Waals surface area contributed by atoms with Gasteiger partial charge in [-0.15, -0.1) is 0 Å². The summed E-state index contributed by atoms with van der Waals surface area (Å²) in [5.74, 6) is 2.28. The molecule has 0 bridgehead atoms. The molecular weight excluding hydrogens is 566 g/mol. The zero-order chi connectivity index (χ0) is 32.1. The van der Waals surface area contributed by atoms with E-state index in [2.05, 4.69) is 77.5 Å². The number of hydrogen-bond acceptors (Lipinski definition) is 3. The molecule has 6 heteroatoms. The van der Waals surface area contributed by atoms with Crippen molar-refractivity contribution in [2.24, 2.45) is 16.8 Å². The monoisotopic (exact) mass is 620 g/mol. The van der Waals surface area contributed by atoms with E-state index >= 15 is 0 Å².